The quantitative estimate of drug-likeness (QED) is 0.842. The average Bonchev–Trinajstić information content (AvgIpc) is 2.54. The number of rotatable bonds is 6. The summed E-state index contributed by atoms with van der Waals surface area (Å²) >= 11 is 0. The third-order valence-electron chi connectivity index (χ3n) is 4.56. The number of piperidine rings is 1. The minimum absolute atomic E-state index is 0.0845. The van der Waals surface area contributed by atoms with E-state index >= 15 is 0 Å². The van der Waals surface area contributed by atoms with Crippen LogP contribution in [0.15, 0.2) is 24.3 Å². The molecule has 2 amide bonds. The normalized spacial score (nSPS) is 18.4. The lowest BCUT2D eigenvalue weighted by Gasteiger charge is -2.35. The van der Waals surface area contributed by atoms with Gasteiger partial charge in [0.05, 0.1) is 0 Å². The van der Waals surface area contributed by atoms with Gasteiger partial charge in [-0.1, -0.05) is 6.07 Å². The second-order valence-electron chi connectivity index (χ2n) is 6.90. The number of nitrogens with one attached hydrogen (secondary N) is 2. The molecule has 0 saturated carbocycles. The zero-order valence-corrected chi connectivity index (χ0v) is 15.0. The topological polar surface area (TPSA) is 61.4 Å². The summed E-state index contributed by atoms with van der Waals surface area (Å²) < 4.78 is 0. The van der Waals surface area contributed by atoms with Gasteiger partial charge < -0.3 is 15.5 Å². The van der Waals surface area contributed by atoms with Crippen molar-refractivity contribution < 1.29 is 9.59 Å². The predicted octanol–water partition coefficient (Wildman–Crippen LogP) is 2.89. The van der Waals surface area contributed by atoms with Crippen molar-refractivity contribution in [3.63, 3.8) is 0 Å². The monoisotopic (exact) mass is 331 g/mol. The second-order valence-corrected chi connectivity index (χ2v) is 6.90. The molecule has 1 aromatic carbocycles. The van der Waals surface area contributed by atoms with Crippen molar-refractivity contribution in [3.05, 3.63) is 29.8 Å². The first kappa shape index (κ1) is 18.5. The number of anilines is 1. The molecule has 1 aliphatic rings. The molecule has 1 aromatic rings. The Morgan fingerprint density at radius 1 is 1.33 bits per heavy atom. The molecule has 24 heavy (non-hydrogen) atoms. The van der Waals surface area contributed by atoms with Gasteiger partial charge in [-0.05, 0) is 63.8 Å². The lowest BCUT2D eigenvalue weighted by atomic mass is 9.94. The van der Waals surface area contributed by atoms with Crippen LogP contribution >= 0.6 is 0 Å². The maximum absolute atomic E-state index is 12.3. The number of hydrogen-bond donors (Lipinski definition) is 2. The number of benzene rings is 1. The molecular formula is C19H29N3O2. The van der Waals surface area contributed by atoms with E-state index in [0.29, 0.717) is 29.8 Å². The van der Waals surface area contributed by atoms with Gasteiger partial charge in [0, 0.05) is 37.3 Å². The van der Waals surface area contributed by atoms with E-state index in [1.807, 2.05) is 0 Å². The third-order valence-corrected chi connectivity index (χ3v) is 4.56. The zero-order valence-electron chi connectivity index (χ0n) is 15.0. The number of likely N-dealkylation sites (tertiary alicyclic amines) is 1. The van der Waals surface area contributed by atoms with E-state index in [0.717, 1.165) is 13.0 Å². The Kier molecular flexibility index (Phi) is 6.79. The maximum atomic E-state index is 12.3. The smallest absolute Gasteiger partial charge is 0.251 e. The number of carbonyl (C=O) groups is 2. The fourth-order valence-electron chi connectivity index (χ4n) is 3.24. The second kappa shape index (κ2) is 8.83. The van der Waals surface area contributed by atoms with Gasteiger partial charge >= 0.3 is 0 Å². The number of amides is 2. The lowest BCUT2D eigenvalue weighted by Crippen LogP contribution is -2.40. The highest BCUT2D eigenvalue weighted by Crippen LogP contribution is 2.20. The molecule has 1 aliphatic heterocycles. The largest absolute Gasteiger partial charge is 0.352 e. The minimum atomic E-state index is -0.139. The van der Waals surface area contributed by atoms with E-state index in [9.17, 15) is 9.59 Å². The summed E-state index contributed by atoms with van der Waals surface area (Å²) in [5.41, 5.74) is 1.23. The van der Waals surface area contributed by atoms with Crippen molar-refractivity contribution in [1.82, 2.24) is 10.2 Å². The molecule has 1 atom stereocenters. The summed E-state index contributed by atoms with van der Waals surface area (Å²) in [5.74, 6) is 0.436. The van der Waals surface area contributed by atoms with Crippen LogP contribution in [0.2, 0.25) is 0 Å². The third kappa shape index (κ3) is 5.64. The molecule has 0 radical (unpaired) electrons. The van der Waals surface area contributed by atoms with Crippen molar-refractivity contribution in [2.75, 3.05) is 25.0 Å². The summed E-state index contributed by atoms with van der Waals surface area (Å²) in [6.07, 6.45) is 3.51. The van der Waals surface area contributed by atoms with Crippen LogP contribution in [0, 0.1) is 5.92 Å². The first-order valence-corrected chi connectivity index (χ1v) is 8.85. The van der Waals surface area contributed by atoms with Crippen LogP contribution < -0.4 is 10.6 Å². The lowest BCUT2D eigenvalue weighted by molar-refractivity contribution is -0.114. The Hall–Kier alpha value is -1.88. The molecule has 132 valence electrons. The summed E-state index contributed by atoms with van der Waals surface area (Å²) in [4.78, 5) is 25.9. The number of hydrogen-bond acceptors (Lipinski definition) is 3. The van der Waals surface area contributed by atoms with Gasteiger partial charge in [-0.3, -0.25) is 9.59 Å². The molecule has 1 saturated heterocycles. The van der Waals surface area contributed by atoms with Crippen molar-refractivity contribution in [2.45, 2.75) is 46.1 Å². The summed E-state index contributed by atoms with van der Waals surface area (Å²) in [7, 11) is 0. The highest BCUT2D eigenvalue weighted by atomic mass is 16.2. The standard InChI is InChI=1S/C19H29N3O2/c1-14(2)22-11-5-6-16(13-22)9-10-20-19(24)17-7-4-8-18(12-17)21-15(3)23/h4,7-8,12,14,16H,5-6,9-11,13H2,1-3H3,(H,20,24)(H,21,23)/t16-/m0/s1. The zero-order chi connectivity index (χ0) is 17.5. The average molecular weight is 331 g/mol. The predicted molar refractivity (Wildman–Crippen MR) is 97.1 cm³/mol. The van der Waals surface area contributed by atoms with Gasteiger partial charge in [0.15, 0.2) is 0 Å². The number of carbonyl (C=O) groups excluding carboxylic acids is 2. The van der Waals surface area contributed by atoms with Crippen LogP contribution in [0.1, 0.15) is 50.4 Å². The van der Waals surface area contributed by atoms with Crippen molar-refractivity contribution >= 4 is 17.5 Å². The van der Waals surface area contributed by atoms with Crippen LogP contribution in [-0.2, 0) is 4.79 Å². The molecule has 5 nitrogen and oxygen atoms in total. The fourth-order valence-corrected chi connectivity index (χ4v) is 3.24. The van der Waals surface area contributed by atoms with E-state index in [-0.39, 0.29) is 11.8 Å². The Morgan fingerprint density at radius 2 is 2.12 bits per heavy atom. The molecule has 0 unspecified atom stereocenters. The van der Waals surface area contributed by atoms with E-state index in [2.05, 4.69) is 29.4 Å². The van der Waals surface area contributed by atoms with Gasteiger partial charge in [-0.25, -0.2) is 0 Å². The SMILES string of the molecule is CC(=O)Nc1cccc(C(=O)NCC[C@@H]2CCCN(C(C)C)C2)c1. The molecule has 0 spiro atoms. The first-order valence-electron chi connectivity index (χ1n) is 8.85. The highest BCUT2D eigenvalue weighted by molar-refractivity contribution is 5.96. The summed E-state index contributed by atoms with van der Waals surface area (Å²) in [5, 5.41) is 5.70. The number of nitrogens with zero attached hydrogens (tertiary/aromatic N) is 1. The molecule has 2 rings (SSSR count). The van der Waals surface area contributed by atoms with Crippen LogP contribution in [0.3, 0.4) is 0 Å². The minimum Gasteiger partial charge on any atom is -0.352 e. The molecule has 0 bridgehead atoms. The van der Waals surface area contributed by atoms with E-state index in [1.54, 1.807) is 24.3 Å². The summed E-state index contributed by atoms with van der Waals surface area (Å²) in [6.45, 7) is 8.96. The van der Waals surface area contributed by atoms with Gasteiger partial charge in [-0.15, -0.1) is 0 Å². The molecule has 5 heteroatoms. The fraction of sp³-hybridized carbons (Fsp3) is 0.579. The van der Waals surface area contributed by atoms with Crippen LogP contribution in [0.4, 0.5) is 5.69 Å². The Morgan fingerprint density at radius 3 is 2.83 bits per heavy atom. The van der Waals surface area contributed by atoms with Crippen molar-refractivity contribution in [2.24, 2.45) is 5.92 Å². The van der Waals surface area contributed by atoms with Crippen LogP contribution in [-0.4, -0.2) is 42.4 Å². The Balaban J connectivity index is 1.80. The molecule has 2 N–H and O–H groups in total. The van der Waals surface area contributed by atoms with Gasteiger partial charge in [0.1, 0.15) is 0 Å². The van der Waals surface area contributed by atoms with Crippen LogP contribution in [0.25, 0.3) is 0 Å². The van der Waals surface area contributed by atoms with Crippen LogP contribution in [0.5, 0.6) is 0 Å². The molecule has 0 aliphatic carbocycles. The van der Waals surface area contributed by atoms with E-state index < -0.39 is 0 Å². The van der Waals surface area contributed by atoms with Crippen molar-refractivity contribution in [3.8, 4) is 0 Å². The Labute approximate surface area is 144 Å². The first-order chi connectivity index (χ1) is 11.5. The van der Waals surface area contributed by atoms with Crippen molar-refractivity contribution in [1.29, 1.82) is 0 Å². The van der Waals surface area contributed by atoms with E-state index in [1.165, 1.54) is 26.3 Å². The Bertz CT molecular complexity index is 571. The maximum Gasteiger partial charge on any atom is 0.251 e. The highest BCUT2D eigenvalue weighted by Gasteiger charge is 2.21. The van der Waals surface area contributed by atoms with Gasteiger partial charge in [0.2, 0.25) is 5.91 Å². The van der Waals surface area contributed by atoms with E-state index in [4.69, 9.17) is 0 Å². The summed E-state index contributed by atoms with van der Waals surface area (Å²) in [6, 6.07) is 7.63. The van der Waals surface area contributed by atoms with Gasteiger partial charge in [0.25, 0.3) is 5.91 Å². The molecular weight excluding hydrogens is 302 g/mol. The molecule has 0 aromatic heterocycles. The van der Waals surface area contributed by atoms with Gasteiger partial charge in [-0.2, -0.15) is 0 Å². The molecule has 1 heterocycles. The molecule has 1 fully saturated rings.